The molecule has 1 saturated carbocycles. The van der Waals surface area contributed by atoms with Crippen LogP contribution in [0.25, 0.3) is 21.8 Å². The van der Waals surface area contributed by atoms with Gasteiger partial charge in [-0.25, -0.2) is 14.4 Å². The van der Waals surface area contributed by atoms with E-state index >= 15 is 0 Å². The molecule has 4 rings (SSSR count). The van der Waals surface area contributed by atoms with E-state index in [0.717, 1.165) is 43.0 Å². The van der Waals surface area contributed by atoms with Crippen LogP contribution in [-0.4, -0.2) is 42.8 Å². The van der Waals surface area contributed by atoms with Crippen molar-refractivity contribution in [1.29, 1.82) is 0 Å². The molecule has 7 nitrogen and oxygen atoms in total. The molecule has 1 aromatic heterocycles. The van der Waals surface area contributed by atoms with Gasteiger partial charge in [-0.3, -0.25) is 0 Å². The van der Waals surface area contributed by atoms with E-state index in [2.05, 4.69) is 0 Å². The summed E-state index contributed by atoms with van der Waals surface area (Å²) in [4.78, 5) is 40.3. The fourth-order valence-corrected chi connectivity index (χ4v) is 5.38. The first kappa shape index (κ1) is 23.8. The molecule has 1 fully saturated rings. The van der Waals surface area contributed by atoms with E-state index in [1.807, 2.05) is 35.9 Å². The number of methoxy groups -OCH3 is 1. The molecule has 1 aliphatic carbocycles. The molecular formula is C27H31NO6. The predicted molar refractivity (Wildman–Crippen MR) is 130 cm³/mol. The minimum absolute atomic E-state index is 0.0714. The molecule has 0 bridgehead atoms. The number of aryl methyl sites for hydroxylation is 1. The molecule has 0 saturated heterocycles. The zero-order chi connectivity index (χ0) is 24.4. The third-order valence-corrected chi connectivity index (χ3v) is 6.74. The zero-order valence-electron chi connectivity index (χ0n) is 20.2. The monoisotopic (exact) mass is 465 g/mol. The molecule has 0 spiro atoms. The second-order valence-electron chi connectivity index (χ2n) is 8.61. The van der Waals surface area contributed by atoms with Crippen LogP contribution in [-0.2, 0) is 21.3 Å². The maximum Gasteiger partial charge on any atom is 0.340 e. The van der Waals surface area contributed by atoms with Crippen molar-refractivity contribution < 1.29 is 28.6 Å². The Labute approximate surface area is 199 Å². The molecular weight excluding hydrogens is 434 g/mol. The molecule has 2 aromatic carbocycles. The van der Waals surface area contributed by atoms with Crippen LogP contribution in [0.4, 0.5) is 0 Å². The first-order valence-corrected chi connectivity index (χ1v) is 12.0. The van der Waals surface area contributed by atoms with Crippen LogP contribution in [0.15, 0.2) is 24.3 Å². The number of benzene rings is 2. The van der Waals surface area contributed by atoms with Crippen molar-refractivity contribution >= 4 is 39.7 Å². The predicted octanol–water partition coefficient (Wildman–Crippen LogP) is 5.52. The van der Waals surface area contributed by atoms with Gasteiger partial charge in [0.15, 0.2) is 0 Å². The van der Waals surface area contributed by atoms with Crippen molar-refractivity contribution in [3.63, 3.8) is 0 Å². The third-order valence-electron chi connectivity index (χ3n) is 6.74. The quantitative estimate of drug-likeness (QED) is 0.352. The number of ether oxygens (including phenoxy) is 3. The molecule has 0 aliphatic heterocycles. The number of hydrogen-bond donors (Lipinski definition) is 0. The van der Waals surface area contributed by atoms with E-state index in [4.69, 9.17) is 14.2 Å². The minimum atomic E-state index is -0.619. The summed E-state index contributed by atoms with van der Waals surface area (Å²) in [6.45, 7) is 3.75. The van der Waals surface area contributed by atoms with Crippen molar-refractivity contribution in [2.45, 2.75) is 51.9 Å². The lowest BCUT2D eigenvalue weighted by Crippen LogP contribution is -2.23. The lowest BCUT2D eigenvalue weighted by atomic mass is 9.77. The number of carbonyl (C=O) groups is 3. The fraction of sp³-hybridized carbons (Fsp3) is 0.444. The Hall–Kier alpha value is -3.35. The van der Waals surface area contributed by atoms with Crippen molar-refractivity contribution in [1.82, 2.24) is 4.57 Å². The van der Waals surface area contributed by atoms with Gasteiger partial charge in [0.1, 0.15) is 0 Å². The summed E-state index contributed by atoms with van der Waals surface area (Å²) in [6.07, 6.45) is 4.69. The summed E-state index contributed by atoms with van der Waals surface area (Å²) < 4.78 is 18.1. The zero-order valence-corrected chi connectivity index (χ0v) is 20.2. The standard InChI is InChI=1S/C27H31NO6/c1-5-33-26(30)21-19(16-12-8-7-9-13-16)23(25(29)32-4)24-20(22(21)27(31)34-6-2)17-14-10-11-15-18(17)28(24)3/h10-11,14-16H,5-9,12-13H2,1-4H3. The summed E-state index contributed by atoms with van der Waals surface area (Å²) in [5.74, 6) is -1.82. The normalized spacial score (nSPS) is 14.4. The van der Waals surface area contributed by atoms with Gasteiger partial charge in [-0.1, -0.05) is 37.5 Å². The van der Waals surface area contributed by atoms with Crippen molar-refractivity contribution in [2.75, 3.05) is 20.3 Å². The highest BCUT2D eigenvalue weighted by molar-refractivity contribution is 6.25. The number of para-hydroxylation sites is 1. The molecule has 0 unspecified atom stereocenters. The molecule has 7 heteroatoms. The summed E-state index contributed by atoms with van der Waals surface area (Å²) in [5.41, 5.74) is 2.59. The maximum atomic E-state index is 13.5. The molecule has 180 valence electrons. The lowest BCUT2D eigenvalue weighted by Gasteiger charge is -2.28. The molecule has 0 amide bonds. The summed E-state index contributed by atoms with van der Waals surface area (Å²) in [5, 5.41) is 1.27. The average molecular weight is 466 g/mol. The van der Waals surface area contributed by atoms with Crippen LogP contribution in [0, 0.1) is 0 Å². The van der Waals surface area contributed by atoms with E-state index < -0.39 is 17.9 Å². The maximum absolute atomic E-state index is 13.5. The van der Waals surface area contributed by atoms with Crippen LogP contribution < -0.4 is 0 Å². The van der Waals surface area contributed by atoms with Crippen molar-refractivity contribution in [3.05, 3.63) is 46.5 Å². The molecule has 34 heavy (non-hydrogen) atoms. The molecule has 1 aliphatic rings. The molecule has 3 aromatic rings. The molecule has 0 atom stereocenters. The van der Waals surface area contributed by atoms with E-state index in [9.17, 15) is 14.4 Å². The lowest BCUT2D eigenvalue weighted by molar-refractivity contribution is 0.0478. The second-order valence-corrected chi connectivity index (χ2v) is 8.61. The van der Waals surface area contributed by atoms with E-state index in [-0.39, 0.29) is 30.3 Å². The van der Waals surface area contributed by atoms with Gasteiger partial charge in [0.2, 0.25) is 0 Å². The van der Waals surface area contributed by atoms with Crippen LogP contribution in [0.3, 0.4) is 0 Å². The molecule has 0 radical (unpaired) electrons. The number of fused-ring (bicyclic) bond motifs is 3. The molecule has 0 N–H and O–H groups in total. The number of hydrogen-bond acceptors (Lipinski definition) is 6. The number of carbonyl (C=O) groups excluding carboxylic acids is 3. The van der Waals surface area contributed by atoms with E-state index in [0.29, 0.717) is 22.0 Å². The van der Waals surface area contributed by atoms with Gasteiger partial charge in [-0.2, -0.15) is 0 Å². The third kappa shape index (κ3) is 3.83. The highest BCUT2D eigenvalue weighted by Gasteiger charge is 2.37. The van der Waals surface area contributed by atoms with Crippen LogP contribution >= 0.6 is 0 Å². The highest BCUT2D eigenvalue weighted by atomic mass is 16.5. The summed E-state index contributed by atoms with van der Waals surface area (Å²) in [6, 6.07) is 7.58. The summed E-state index contributed by atoms with van der Waals surface area (Å²) >= 11 is 0. The topological polar surface area (TPSA) is 83.8 Å². The molecule has 1 heterocycles. The average Bonchev–Trinajstić information content (AvgIpc) is 3.15. The Morgan fingerprint density at radius 3 is 2.12 bits per heavy atom. The number of rotatable bonds is 6. The van der Waals surface area contributed by atoms with Crippen molar-refractivity contribution in [3.8, 4) is 0 Å². The Morgan fingerprint density at radius 2 is 1.50 bits per heavy atom. The highest BCUT2D eigenvalue weighted by Crippen LogP contribution is 2.44. The van der Waals surface area contributed by atoms with Gasteiger partial charge in [0.25, 0.3) is 0 Å². The van der Waals surface area contributed by atoms with Crippen LogP contribution in [0.1, 0.15) is 88.5 Å². The van der Waals surface area contributed by atoms with Gasteiger partial charge in [-0.05, 0) is 44.2 Å². The van der Waals surface area contributed by atoms with Gasteiger partial charge in [-0.15, -0.1) is 0 Å². The van der Waals surface area contributed by atoms with Crippen LogP contribution in [0.5, 0.6) is 0 Å². The van der Waals surface area contributed by atoms with Crippen LogP contribution in [0.2, 0.25) is 0 Å². The van der Waals surface area contributed by atoms with Gasteiger partial charge < -0.3 is 18.8 Å². The summed E-state index contributed by atoms with van der Waals surface area (Å²) in [7, 11) is 3.20. The Morgan fingerprint density at radius 1 is 0.882 bits per heavy atom. The number of esters is 3. The van der Waals surface area contributed by atoms with E-state index in [1.165, 1.54) is 7.11 Å². The van der Waals surface area contributed by atoms with Crippen molar-refractivity contribution in [2.24, 2.45) is 7.05 Å². The Bertz CT molecular complexity index is 1270. The fourth-order valence-electron chi connectivity index (χ4n) is 5.38. The van der Waals surface area contributed by atoms with Gasteiger partial charge in [0.05, 0.1) is 42.5 Å². The number of aromatic nitrogens is 1. The SMILES string of the molecule is CCOC(=O)c1c(C2CCCCC2)c(C(=O)OC)c2c(c1C(=O)OCC)c1ccccc1n2C. The Balaban J connectivity index is 2.28. The second kappa shape index (κ2) is 9.87. The number of nitrogens with zero attached hydrogens (tertiary/aromatic N) is 1. The van der Waals surface area contributed by atoms with E-state index in [1.54, 1.807) is 13.8 Å². The minimum Gasteiger partial charge on any atom is -0.465 e. The smallest absolute Gasteiger partial charge is 0.340 e. The first-order valence-electron chi connectivity index (χ1n) is 12.0. The van der Waals surface area contributed by atoms with Gasteiger partial charge in [0, 0.05) is 23.3 Å². The largest absolute Gasteiger partial charge is 0.465 e. The Kier molecular flexibility index (Phi) is 6.91. The van der Waals surface area contributed by atoms with Gasteiger partial charge >= 0.3 is 17.9 Å². The first-order chi connectivity index (χ1) is 16.5.